The highest BCUT2D eigenvalue weighted by Gasteiger charge is 2.52. The van der Waals surface area contributed by atoms with Crippen molar-refractivity contribution in [2.24, 2.45) is 0 Å². The van der Waals surface area contributed by atoms with E-state index in [2.05, 4.69) is 15.6 Å². The quantitative estimate of drug-likeness (QED) is 0.646. The van der Waals surface area contributed by atoms with Gasteiger partial charge in [0.1, 0.15) is 5.54 Å². The van der Waals surface area contributed by atoms with E-state index < -0.39 is 0 Å². The van der Waals surface area contributed by atoms with Crippen molar-refractivity contribution in [3.05, 3.63) is 17.8 Å². The molecule has 4 nitrogen and oxygen atoms in total. The van der Waals surface area contributed by atoms with Gasteiger partial charge in [-0.15, -0.1) is 0 Å². The van der Waals surface area contributed by atoms with E-state index in [9.17, 15) is 4.79 Å². The molecule has 1 aliphatic heterocycles. The zero-order valence-corrected chi connectivity index (χ0v) is 7.92. The van der Waals surface area contributed by atoms with Gasteiger partial charge in [-0.2, -0.15) is 0 Å². The third kappa shape index (κ3) is 0.937. The predicted molar refractivity (Wildman–Crippen MR) is 53.2 cm³/mol. The minimum atomic E-state index is -0.339. The highest BCUT2D eigenvalue weighted by atomic mass is 16.2. The van der Waals surface area contributed by atoms with Crippen molar-refractivity contribution in [2.45, 2.75) is 25.3 Å². The fourth-order valence-electron chi connectivity index (χ4n) is 1.76. The van der Waals surface area contributed by atoms with Gasteiger partial charge in [-0.05, 0) is 31.9 Å². The molecule has 1 aliphatic carbocycles. The summed E-state index contributed by atoms with van der Waals surface area (Å²) in [6.07, 6.45) is 1.82. The molecule has 1 fully saturated rings. The van der Waals surface area contributed by atoms with Gasteiger partial charge in [-0.25, -0.2) is 4.98 Å². The monoisotopic (exact) mass is 189 g/mol. The third-order valence-corrected chi connectivity index (χ3v) is 2.83. The zero-order valence-electron chi connectivity index (χ0n) is 7.92. The van der Waals surface area contributed by atoms with E-state index in [-0.39, 0.29) is 11.4 Å². The van der Waals surface area contributed by atoms with E-state index in [0.717, 1.165) is 30.0 Å². The molecule has 2 N–H and O–H groups in total. The molecule has 14 heavy (non-hydrogen) atoms. The summed E-state index contributed by atoms with van der Waals surface area (Å²) in [5.74, 6) is 0.887. The molecule has 1 spiro atoms. The topological polar surface area (TPSA) is 54.0 Å². The molecule has 1 saturated carbocycles. The van der Waals surface area contributed by atoms with E-state index in [0.29, 0.717) is 0 Å². The average Bonchev–Trinajstić information content (AvgIpc) is 2.89. The number of aromatic nitrogens is 1. The Morgan fingerprint density at radius 2 is 2.21 bits per heavy atom. The number of carbonyl (C=O) groups is 1. The lowest BCUT2D eigenvalue weighted by atomic mass is 10.1. The lowest BCUT2D eigenvalue weighted by Crippen LogP contribution is -2.41. The molecule has 0 bridgehead atoms. The Hall–Kier alpha value is -1.58. The molecule has 72 valence electrons. The second kappa shape index (κ2) is 2.26. The molecule has 2 heterocycles. The summed E-state index contributed by atoms with van der Waals surface area (Å²) in [6, 6.07) is 3.78. The van der Waals surface area contributed by atoms with E-state index >= 15 is 0 Å². The number of pyridine rings is 1. The number of aryl methyl sites for hydroxylation is 1. The first kappa shape index (κ1) is 7.79. The molecule has 0 atom stereocenters. The Labute approximate surface area is 81.7 Å². The van der Waals surface area contributed by atoms with Crippen LogP contribution in [0.15, 0.2) is 12.1 Å². The Balaban J connectivity index is 2.07. The van der Waals surface area contributed by atoms with Crippen molar-refractivity contribution in [3.63, 3.8) is 0 Å². The van der Waals surface area contributed by atoms with Crippen molar-refractivity contribution in [1.29, 1.82) is 0 Å². The largest absolute Gasteiger partial charge is 0.354 e. The smallest absolute Gasteiger partial charge is 0.250 e. The molecule has 1 amide bonds. The molecule has 4 heteroatoms. The molecular formula is C10H11N3O. The van der Waals surface area contributed by atoms with Crippen molar-refractivity contribution >= 4 is 17.4 Å². The molecule has 2 aliphatic rings. The summed E-state index contributed by atoms with van der Waals surface area (Å²) >= 11 is 0. The van der Waals surface area contributed by atoms with Gasteiger partial charge < -0.3 is 10.6 Å². The summed E-state index contributed by atoms with van der Waals surface area (Å²) in [5.41, 5.74) is 1.41. The molecule has 1 aromatic heterocycles. The number of hydrogen-bond donors (Lipinski definition) is 2. The lowest BCUT2D eigenvalue weighted by molar-refractivity contribution is -0.117. The molecule has 3 rings (SSSR count). The molecule has 0 unspecified atom stereocenters. The summed E-state index contributed by atoms with van der Waals surface area (Å²) in [5, 5.41) is 6.09. The SMILES string of the molecule is Cc1ccc2c(n1)NC1(CC1)C(=O)N2. The minimum Gasteiger partial charge on any atom is -0.354 e. The number of fused-ring (bicyclic) bond motifs is 1. The van der Waals surface area contributed by atoms with Crippen LogP contribution in [-0.4, -0.2) is 16.4 Å². The maximum atomic E-state index is 11.6. The third-order valence-electron chi connectivity index (χ3n) is 2.83. The summed E-state index contributed by atoms with van der Waals surface area (Å²) < 4.78 is 0. The summed E-state index contributed by atoms with van der Waals surface area (Å²) in [4.78, 5) is 16.0. The normalized spacial score (nSPS) is 21.1. The first-order valence-corrected chi connectivity index (χ1v) is 4.77. The standard InChI is InChI=1S/C10H11N3O/c1-6-2-3-7-8(11-6)13-10(4-5-10)9(14)12-7/h2-3H,4-5H2,1H3,(H,11,13)(H,12,14). The maximum absolute atomic E-state index is 11.6. The van der Waals surface area contributed by atoms with Crippen LogP contribution in [0.3, 0.4) is 0 Å². The van der Waals surface area contributed by atoms with Crippen LogP contribution in [0.4, 0.5) is 11.5 Å². The lowest BCUT2D eigenvalue weighted by Gasteiger charge is -2.25. The van der Waals surface area contributed by atoms with Crippen molar-refractivity contribution < 1.29 is 4.79 Å². The Bertz CT molecular complexity index is 423. The Kier molecular flexibility index (Phi) is 1.26. The van der Waals surface area contributed by atoms with Gasteiger partial charge in [0, 0.05) is 5.69 Å². The molecule has 1 aromatic rings. The fraction of sp³-hybridized carbons (Fsp3) is 0.400. The average molecular weight is 189 g/mol. The number of nitrogens with zero attached hydrogens (tertiary/aromatic N) is 1. The number of nitrogens with one attached hydrogen (secondary N) is 2. The fourth-order valence-corrected chi connectivity index (χ4v) is 1.76. The Morgan fingerprint density at radius 1 is 1.43 bits per heavy atom. The van der Waals surface area contributed by atoms with Crippen LogP contribution in [0.25, 0.3) is 0 Å². The summed E-state index contributed by atoms with van der Waals surface area (Å²) in [7, 11) is 0. The van der Waals surface area contributed by atoms with Crippen LogP contribution >= 0.6 is 0 Å². The number of amides is 1. The van der Waals surface area contributed by atoms with Crippen LogP contribution in [-0.2, 0) is 4.79 Å². The van der Waals surface area contributed by atoms with E-state index in [1.165, 1.54) is 0 Å². The minimum absolute atomic E-state index is 0.0793. The van der Waals surface area contributed by atoms with E-state index in [1.54, 1.807) is 0 Å². The van der Waals surface area contributed by atoms with Crippen LogP contribution < -0.4 is 10.6 Å². The van der Waals surface area contributed by atoms with Crippen molar-refractivity contribution in [2.75, 3.05) is 10.6 Å². The predicted octanol–water partition coefficient (Wildman–Crippen LogP) is 1.29. The zero-order chi connectivity index (χ0) is 9.76. The van der Waals surface area contributed by atoms with Crippen LogP contribution in [0.1, 0.15) is 18.5 Å². The number of rotatable bonds is 0. The Morgan fingerprint density at radius 3 is 2.93 bits per heavy atom. The van der Waals surface area contributed by atoms with E-state index in [4.69, 9.17) is 0 Å². The number of anilines is 2. The molecule has 0 aromatic carbocycles. The first-order valence-electron chi connectivity index (χ1n) is 4.77. The molecule has 0 radical (unpaired) electrons. The second-order valence-corrected chi connectivity index (χ2v) is 4.01. The van der Waals surface area contributed by atoms with Crippen LogP contribution in [0, 0.1) is 6.92 Å². The van der Waals surface area contributed by atoms with Crippen molar-refractivity contribution in [1.82, 2.24) is 4.98 Å². The van der Waals surface area contributed by atoms with Gasteiger partial charge in [-0.1, -0.05) is 0 Å². The van der Waals surface area contributed by atoms with Gasteiger partial charge in [0.2, 0.25) is 5.91 Å². The highest BCUT2D eigenvalue weighted by molar-refractivity contribution is 6.07. The van der Waals surface area contributed by atoms with Crippen molar-refractivity contribution in [3.8, 4) is 0 Å². The molecule has 0 saturated heterocycles. The summed E-state index contributed by atoms with van der Waals surface area (Å²) in [6.45, 7) is 1.94. The number of carbonyl (C=O) groups excluding carboxylic acids is 1. The van der Waals surface area contributed by atoms with E-state index in [1.807, 2.05) is 19.1 Å². The second-order valence-electron chi connectivity index (χ2n) is 4.01. The molecular weight excluding hydrogens is 178 g/mol. The van der Waals surface area contributed by atoms with Gasteiger partial charge in [0.05, 0.1) is 5.69 Å². The van der Waals surface area contributed by atoms with Gasteiger partial charge in [-0.3, -0.25) is 4.79 Å². The maximum Gasteiger partial charge on any atom is 0.250 e. The van der Waals surface area contributed by atoms with Crippen LogP contribution in [0.2, 0.25) is 0 Å². The van der Waals surface area contributed by atoms with Gasteiger partial charge in [0.15, 0.2) is 5.82 Å². The van der Waals surface area contributed by atoms with Gasteiger partial charge in [0.25, 0.3) is 0 Å². The van der Waals surface area contributed by atoms with Gasteiger partial charge >= 0.3 is 0 Å². The first-order chi connectivity index (χ1) is 6.70. The van der Waals surface area contributed by atoms with Crippen LogP contribution in [0.5, 0.6) is 0 Å². The highest BCUT2D eigenvalue weighted by Crippen LogP contribution is 2.44. The number of hydrogen-bond acceptors (Lipinski definition) is 3.